The van der Waals surface area contributed by atoms with Crippen LogP contribution in [0.1, 0.15) is 49.8 Å². The molecule has 0 aliphatic heterocycles. The molecular formula is C24H32N2O3. The van der Waals surface area contributed by atoms with E-state index in [4.69, 9.17) is 4.74 Å². The molecule has 0 unspecified atom stereocenters. The summed E-state index contributed by atoms with van der Waals surface area (Å²) in [6.45, 7) is 8.35. The molecule has 156 valence electrons. The number of carbonyl (C=O) groups is 2. The van der Waals surface area contributed by atoms with Crippen LogP contribution < -0.4 is 10.1 Å². The predicted molar refractivity (Wildman–Crippen MR) is 116 cm³/mol. The molecule has 0 saturated heterocycles. The summed E-state index contributed by atoms with van der Waals surface area (Å²) in [6, 6.07) is 15.2. The van der Waals surface area contributed by atoms with Crippen molar-refractivity contribution in [3.63, 3.8) is 0 Å². The van der Waals surface area contributed by atoms with E-state index in [1.54, 1.807) is 11.9 Å². The van der Waals surface area contributed by atoms with Gasteiger partial charge in [-0.25, -0.2) is 0 Å². The average molecular weight is 397 g/mol. The largest absolute Gasteiger partial charge is 0.483 e. The fourth-order valence-corrected chi connectivity index (χ4v) is 3.40. The molecule has 0 aliphatic carbocycles. The maximum atomic E-state index is 13.1. The van der Waals surface area contributed by atoms with Crippen molar-refractivity contribution in [1.82, 2.24) is 10.2 Å². The molecule has 1 atom stereocenters. The Balaban J connectivity index is 2.23. The van der Waals surface area contributed by atoms with Gasteiger partial charge < -0.3 is 15.0 Å². The van der Waals surface area contributed by atoms with Crippen LogP contribution in [0.15, 0.2) is 48.5 Å². The standard InChI is InChI=1S/C24H32N2O3/c1-6-21(24(28)25-5)26(15-19-11-9-10-18(4)14-19)23(27)16-29-22-13-8-7-12-20(22)17(2)3/h7-14,17,21H,6,15-16H2,1-5H3,(H,25,28)/t21-/m1/s1. The van der Waals surface area contributed by atoms with Gasteiger partial charge in [0.15, 0.2) is 6.61 Å². The van der Waals surface area contributed by atoms with Crippen molar-refractivity contribution >= 4 is 11.8 Å². The Morgan fingerprint density at radius 2 is 1.83 bits per heavy atom. The Kier molecular flexibility index (Phi) is 8.25. The lowest BCUT2D eigenvalue weighted by Crippen LogP contribution is -2.49. The average Bonchev–Trinajstić information content (AvgIpc) is 2.71. The summed E-state index contributed by atoms with van der Waals surface area (Å²) >= 11 is 0. The smallest absolute Gasteiger partial charge is 0.261 e. The molecule has 0 heterocycles. The van der Waals surface area contributed by atoms with Crippen LogP contribution in [0.5, 0.6) is 5.75 Å². The van der Waals surface area contributed by atoms with E-state index >= 15 is 0 Å². The molecule has 0 bridgehead atoms. The number of hydrogen-bond donors (Lipinski definition) is 1. The second kappa shape index (κ2) is 10.6. The zero-order chi connectivity index (χ0) is 21.4. The third kappa shape index (κ3) is 6.08. The van der Waals surface area contributed by atoms with Crippen molar-refractivity contribution in [3.05, 3.63) is 65.2 Å². The third-order valence-corrected chi connectivity index (χ3v) is 4.96. The number of ether oxygens (including phenoxy) is 1. The molecular weight excluding hydrogens is 364 g/mol. The maximum absolute atomic E-state index is 13.1. The van der Waals surface area contributed by atoms with Crippen LogP contribution in [0.3, 0.4) is 0 Å². The molecule has 2 aromatic carbocycles. The van der Waals surface area contributed by atoms with Gasteiger partial charge in [0.2, 0.25) is 5.91 Å². The number of likely N-dealkylation sites (N-methyl/N-ethyl adjacent to an activating group) is 1. The number of nitrogens with one attached hydrogen (secondary N) is 1. The highest BCUT2D eigenvalue weighted by molar-refractivity contribution is 5.88. The van der Waals surface area contributed by atoms with E-state index in [2.05, 4.69) is 19.2 Å². The summed E-state index contributed by atoms with van der Waals surface area (Å²) in [4.78, 5) is 27.2. The molecule has 0 radical (unpaired) electrons. The summed E-state index contributed by atoms with van der Waals surface area (Å²) in [5.74, 6) is 0.620. The van der Waals surface area contributed by atoms with E-state index < -0.39 is 6.04 Å². The van der Waals surface area contributed by atoms with Crippen molar-refractivity contribution in [2.45, 2.75) is 52.6 Å². The number of para-hydroxylation sites is 1. The van der Waals surface area contributed by atoms with Crippen LogP contribution in [0.25, 0.3) is 0 Å². The molecule has 0 aliphatic rings. The lowest BCUT2D eigenvalue weighted by Gasteiger charge is -2.30. The molecule has 0 spiro atoms. The molecule has 1 N–H and O–H groups in total. The van der Waals surface area contributed by atoms with Gasteiger partial charge in [0, 0.05) is 13.6 Å². The number of benzene rings is 2. The molecule has 5 heteroatoms. The highest BCUT2D eigenvalue weighted by Crippen LogP contribution is 2.26. The van der Waals surface area contributed by atoms with E-state index in [1.807, 2.05) is 62.4 Å². The molecule has 0 aromatic heterocycles. The van der Waals surface area contributed by atoms with E-state index in [1.165, 1.54) is 0 Å². The minimum atomic E-state index is -0.544. The fourth-order valence-electron chi connectivity index (χ4n) is 3.40. The van der Waals surface area contributed by atoms with Crippen LogP contribution in [0, 0.1) is 6.92 Å². The van der Waals surface area contributed by atoms with E-state index in [-0.39, 0.29) is 18.4 Å². The van der Waals surface area contributed by atoms with Gasteiger partial charge in [-0.2, -0.15) is 0 Å². The minimum absolute atomic E-state index is 0.108. The fraction of sp³-hybridized carbons (Fsp3) is 0.417. The minimum Gasteiger partial charge on any atom is -0.483 e. The van der Waals surface area contributed by atoms with Gasteiger partial charge in [-0.15, -0.1) is 0 Å². The van der Waals surface area contributed by atoms with Gasteiger partial charge in [-0.3, -0.25) is 9.59 Å². The Hall–Kier alpha value is -2.82. The first kappa shape index (κ1) is 22.5. The summed E-state index contributed by atoms with van der Waals surface area (Å²) in [7, 11) is 1.59. The number of hydrogen-bond acceptors (Lipinski definition) is 3. The van der Waals surface area contributed by atoms with Gasteiger partial charge in [-0.05, 0) is 36.5 Å². The van der Waals surface area contributed by atoms with E-state index in [0.717, 1.165) is 16.7 Å². The summed E-state index contributed by atoms with van der Waals surface area (Å²) in [5.41, 5.74) is 3.16. The second-order valence-electron chi connectivity index (χ2n) is 7.53. The Morgan fingerprint density at radius 3 is 2.45 bits per heavy atom. The second-order valence-corrected chi connectivity index (χ2v) is 7.53. The highest BCUT2D eigenvalue weighted by Gasteiger charge is 2.28. The summed E-state index contributed by atoms with van der Waals surface area (Å²) in [6.07, 6.45) is 0.528. The summed E-state index contributed by atoms with van der Waals surface area (Å²) in [5, 5.41) is 2.67. The lowest BCUT2D eigenvalue weighted by molar-refractivity contribution is -0.142. The number of carbonyl (C=O) groups excluding carboxylic acids is 2. The van der Waals surface area contributed by atoms with Crippen LogP contribution in [0.2, 0.25) is 0 Å². The van der Waals surface area contributed by atoms with Crippen LogP contribution in [-0.2, 0) is 16.1 Å². The normalized spacial score (nSPS) is 11.8. The highest BCUT2D eigenvalue weighted by atomic mass is 16.5. The van der Waals surface area contributed by atoms with E-state index in [0.29, 0.717) is 24.6 Å². The number of nitrogens with zero attached hydrogens (tertiary/aromatic N) is 1. The molecule has 2 aromatic rings. The van der Waals surface area contributed by atoms with Crippen molar-refractivity contribution in [1.29, 1.82) is 0 Å². The molecule has 0 saturated carbocycles. The van der Waals surface area contributed by atoms with Crippen molar-refractivity contribution in [2.24, 2.45) is 0 Å². The Bertz CT molecular complexity index is 832. The number of rotatable bonds is 9. The quantitative estimate of drug-likeness (QED) is 0.696. The lowest BCUT2D eigenvalue weighted by atomic mass is 10.0. The first-order valence-electron chi connectivity index (χ1n) is 10.2. The van der Waals surface area contributed by atoms with Gasteiger partial charge in [0.1, 0.15) is 11.8 Å². The number of aryl methyl sites for hydroxylation is 1. The third-order valence-electron chi connectivity index (χ3n) is 4.96. The zero-order valence-electron chi connectivity index (χ0n) is 18.1. The Morgan fingerprint density at radius 1 is 1.10 bits per heavy atom. The van der Waals surface area contributed by atoms with Crippen molar-refractivity contribution < 1.29 is 14.3 Å². The predicted octanol–water partition coefficient (Wildman–Crippen LogP) is 4.05. The first-order chi connectivity index (χ1) is 13.9. The Labute approximate surface area is 174 Å². The molecule has 2 amide bonds. The van der Waals surface area contributed by atoms with Gasteiger partial charge >= 0.3 is 0 Å². The molecule has 2 rings (SSSR count). The summed E-state index contributed by atoms with van der Waals surface area (Å²) < 4.78 is 5.89. The van der Waals surface area contributed by atoms with Gasteiger partial charge in [-0.1, -0.05) is 68.8 Å². The van der Waals surface area contributed by atoms with Crippen LogP contribution in [0.4, 0.5) is 0 Å². The van der Waals surface area contributed by atoms with Crippen molar-refractivity contribution in [2.75, 3.05) is 13.7 Å². The topological polar surface area (TPSA) is 58.6 Å². The molecule has 29 heavy (non-hydrogen) atoms. The SMILES string of the molecule is CC[C@H](C(=O)NC)N(Cc1cccc(C)c1)C(=O)COc1ccccc1C(C)C. The number of amides is 2. The van der Waals surface area contributed by atoms with Gasteiger partial charge in [0.25, 0.3) is 5.91 Å². The monoisotopic (exact) mass is 396 g/mol. The van der Waals surface area contributed by atoms with Crippen molar-refractivity contribution in [3.8, 4) is 5.75 Å². The molecule has 0 fully saturated rings. The van der Waals surface area contributed by atoms with Crippen LogP contribution >= 0.6 is 0 Å². The van der Waals surface area contributed by atoms with E-state index in [9.17, 15) is 9.59 Å². The van der Waals surface area contributed by atoms with Crippen LogP contribution in [-0.4, -0.2) is 36.4 Å². The van der Waals surface area contributed by atoms with Gasteiger partial charge in [0.05, 0.1) is 0 Å². The maximum Gasteiger partial charge on any atom is 0.261 e. The molecule has 5 nitrogen and oxygen atoms in total. The zero-order valence-corrected chi connectivity index (χ0v) is 18.1. The first-order valence-corrected chi connectivity index (χ1v) is 10.2.